The lowest BCUT2D eigenvalue weighted by atomic mass is 10.1. The van der Waals surface area contributed by atoms with Gasteiger partial charge in [-0.25, -0.2) is 9.07 Å². The molecule has 1 aliphatic heterocycles. The van der Waals surface area contributed by atoms with Gasteiger partial charge in [0.1, 0.15) is 23.2 Å². The van der Waals surface area contributed by atoms with E-state index in [1.54, 1.807) is 12.3 Å². The first-order valence-corrected chi connectivity index (χ1v) is 9.15. The normalized spacial score (nSPS) is 13.9. The van der Waals surface area contributed by atoms with Crippen LogP contribution in [0, 0.1) is 5.82 Å². The van der Waals surface area contributed by atoms with Crippen molar-refractivity contribution in [3.05, 3.63) is 56.7 Å². The number of hydrogen-bond acceptors (Lipinski definition) is 4. The van der Waals surface area contributed by atoms with Gasteiger partial charge in [0.25, 0.3) is 5.56 Å². The lowest BCUT2D eigenvalue weighted by Crippen LogP contribution is -2.36. The second-order valence-corrected chi connectivity index (χ2v) is 8.17. The van der Waals surface area contributed by atoms with E-state index in [4.69, 9.17) is 16.3 Å². The van der Waals surface area contributed by atoms with E-state index in [1.165, 1.54) is 28.6 Å². The molecule has 1 aromatic carbocycles. The van der Waals surface area contributed by atoms with E-state index in [9.17, 15) is 9.18 Å². The Morgan fingerprint density at radius 3 is 2.88 bits per heavy atom. The Hall–Kier alpha value is -1.79. The number of rotatable bonds is 3. The molecule has 0 saturated carbocycles. The van der Waals surface area contributed by atoms with Crippen LogP contribution >= 0.6 is 23.4 Å². The van der Waals surface area contributed by atoms with Gasteiger partial charge in [-0.15, -0.1) is 11.8 Å². The Morgan fingerprint density at radius 2 is 2.16 bits per heavy atom. The molecule has 0 unspecified atom stereocenters. The zero-order valence-corrected chi connectivity index (χ0v) is 15.7. The van der Waals surface area contributed by atoms with Crippen molar-refractivity contribution in [3.8, 4) is 5.75 Å². The summed E-state index contributed by atoms with van der Waals surface area (Å²) in [6.07, 6.45) is 3.59. The Labute approximate surface area is 154 Å². The summed E-state index contributed by atoms with van der Waals surface area (Å²) >= 11 is 7.67. The Balaban J connectivity index is 1.78. The maximum Gasteiger partial charge on any atom is 0.287 e. The average molecular weight is 381 g/mol. The van der Waals surface area contributed by atoms with Crippen molar-refractivity contribution in [2.24, 2.45) is 0 Å². The fraction of sp³-hybridized carbons (Fsp3) is 0.333. The Kier molecular flexibility index (Phi) is 4.93. The highest BCUT2D eigenvalue weighted by molar-refractivity contribution is 7.99. The maximum atomic E-state index is 13.2. The third-order valence-corrected chi connectivity index (χ3v) is 5.30. The molecule has 25 heavy (non-hydrogen) atoms. The van der Waals surface area contributed by atoms with Crippen molar-refractivity contribution >= 4 is 29.4 Å². The minimum atomic E-state index is -0.428. The van der Waals surface area contributed by atoms with Gasteiger partial charge in [0, 0.05) is 17.4 Å². The van der Waals surface area contributed by atoms with E-state index in [2.05, 4.69) is 5.10 Å². The molecule has 7 heteroatoms. The summed E-state index contributed by atoms with van der Waals surface area (Å²) in [5, 5.41) is 4.40. The number of aromatic nitrogens is 2. The zero-order chi connectivity index (χ0) is 18.2. The van der Waals surface area contributed by atoms with Gasteiger partial charge in [-0.3, -0.25) is 4.79 Å². The number of ether oxygens (including phenoxy) is 1. The molecular formula is C18H18ClFN2O2S. The van der Waals surface area contributed by atoms with Crippen LogP contribution in [0.15, 0.2) is 39.7 Å². The molecule has 0 radical (unpaired) electrons. The average Bonchev–Trinajstić information content (AvgIpc) is 2.55. The second kappa shape index (κ2) is 6.84. The van der Waals surface area contributed by atoms with Crippen LogP contribution in [0.25, 0.3) is 6.08 Å². The molecule has 4 nitrogen and oxygen atoms in total. The molecule has 1 aromatic heterocycles. The molecule has 0 spiro atoms. The summed E-state index contributed by atoms with van der Waals surface area (Å²) in [6.45, 7) is 6.08. The molecular weight excluding hydrogens is 363 g/mol. The third-order valence-electron chi connectivity index (χ3n) is 3.68. The van der Waals surface area contributed by atoms with E-state index < -0.39 is 5.54 Å². The molecule has 0 amide bonds. The number of hydrogen-bond donors (Lipinski definition) is 0. The van der Waals surface area contributed by atoms with Gasteiger partial charge in [-0.05, 0) is 44.6 Å². The van der Waals surface area contributed by atoms with Crippen LogP contribution in [0.2, 0.25) is 5.02 Å². The van der Waals surface area contributed by atoms with Crippen molar-refractivity contribution < 1.29 is 9.13 Å². The van der Waals surface area contributed by atoms with Crippen LogP contribution in [0.5, 0.6) is 5.75 Å². The van der Waals surface area contributed by atoms with Crippen LogP contribution in [0.4, 0.5) is 4.39 Å². The van der Waals surface area contributed by atoms with E-state index in [-0.39, 0.29) is 16.4 Å². The monoisotopic (exact) mass is 380 g/mol. The third kappa shape index (κ3) is 3.90. The largest absolute Gasteiger partial charge is 0.488 e. The summed E-state index contributed by atoms with van der Waals surface area (Å²) in [6, 6.07) is 4.47. The first-order valence-electron chi connectivity index (χ1n) is 7.78. The fourth-order valence-corrected chi connectivity index (χ4v) is 3.57. The molecule has 0 N–H and O–H groups in total. The predicted molar refractivity (Wildman–Crippen MR) is 99.1 cm³/mol. The highest BCUT2D eigenvalue weighted by Gasteiger charge is 2.20. The van der Waals surface area contributed by atoms with Crippen molar-refractivity contribution in [2.45, 2.75) is 31.2 Å². The van der Waals surface area contributed by atoms with Crippen molar-refractivity contribution in [2.75, 3.05) is 12.4 Å². The van der Waals surface area contributed by atoms with Crippen LogP contribution in [0.3, 0.4) is 0 Å². The van der Waals surface area contributed by atoms with Gasteiger partial charge < -0.3 is 4.74 Å². The van der Waals surface area contributed by atoms with E-state index in [0.717, 1.165) is 11.1 Å². The van der Waals surface area contributed by atoms with Gasteiger partial charge in [0.05, 0.1) is 16.6 Å². The Bertz CT molecular complexity index is 903. The summed E-state index contributed by atoms with van der Waals surface area (Å²) in [5.74, 6) is 0.834. The van der Waals surface area contributed by atoms with Crippen LogP contribution in [-0.4, -0.2) is 22.1 Å². The van der Waals surface area contributed by atoms with E-state index >= 15 is 0 Å². The van der Waals surface area contributed by atoms with Gasteiger partial charge in [0.2, 0.25) is 0 Å². The van der Waals surface area contributed by atoms with Crippen molar-refractivity contribution in [1.29, 1.82) is 0 Å². The van der Waals surface area contributed by atoms with Gasteiger partial charge in [0.15, 0.2) is 0 Å². The molecule has 0 aliphatic carbocycles. The number of thioether (sulfide) groups is 1. The Morgan fingerprint density at radius 1 is 1.40 bits per heavy atom. The first kappa shape index (κ1) is 18.0. The summed E-state index contributed by atoms with van der Waals surface area (Å²) in [7, 11) is 0. The maximum absolute atomic E-state index is 13.2. The van der Waals surface area contributed by atoms with Gasteiger partial charge in [-0.2, -0.15) is 5.10 Å². The standard InChI is InChI=1S/C18H18ClFN2O2S/c1-18(2,3)22-17(23)16(19)15(8-21-22)25-10-11-6-12-4-5-13(20)7-14(12)24-9-11/h4-8H,9-10H2,1-3H3. The van der Waals surface area contributed by atoms with Crippen LogP contribution in [-0.2, 0) is 5.54 Å². The number of fused-ring (bicyclic) bond motifs is 1. The SMILES string of the molecule is CC(C)(C)n1ncc(SCC2=Cc3ccc(F)cc3OC2)c(Cl)c1=O. The number of nitrogens with zero attached hydrogens (tertiary/aromatic N) is 2. The minimum absolute atomic E-state index is 0.176. The number of halogens is 2. The lowest BCUT2D eigenvalue weighted by molar-refractivity contribution is 0.336. The second-order valence-electron chi connectivity index (χ2n) is 6.77. The highest BCUT2D eigenvalue weighted by Crippen LogP contribution is 2.31. The van der Waals surface area contributed by atoms with E-state index in [1.807, 2.05) is 26.8 Å². The topological polar surface area (TPSA) is 44.1 Å². The lowest BCUT2D eigenvalue weighted by Gasteiger charge is -2.21. The molecule has 132 valence electrons. The zero-order valence-electron chi connectivity index (χ0n) is 14.2. The van der Waals surface area contributed by atoms with Gasteiger partial charge >= 0.3 is 0 Å². The molecule has 0 atom stereocenters. The quantitative estimate of drug-likeness (QED) is 0.742. The van der Waals surface area contributed by atoms with E-state index in [0.29, 0.717) is 23.0 Å². The molecule has 2 heterocycles. The predicted octanol–water partition coefficient (Wildman–Crippen LogP) is 4.36. The minimum Gasteiger partial charge on any atom is -0.488 e. The van der Waals surface area contributed by atoms with Gasteiger partial charge in [-0.1, -0.05) is 11.6 Å². The molecule has 0 saturated heterocycles. The number of benzene rings is 1. The molecule has 0 bridgehead atoms. The molecule has 0 fully saturated rings. The highest BCUT2D eigenvalue weighted by atomic mass is 35.5. The molecule has 2 aromatic rings. The first-order chi connectivity index (χ1) is 11.8. The fourth-order valence-electron chi connectivity index (χ4n) is 2.43. The van der Waals surface area contributed by atoms with Crippen LogP contribution in [0.1, 0.15) is 26.3 Å². The smallest absolute Gasteiger partial charge is 0.287 e. The summed E-state index contributed by atoms with van der Waals surface area (Å²) in [4.78, 5) is 13.0. The van der Waals surface area contributed by atoms with Crippen molar-refractivity contribution in [1.82, 2.24) is 9.78 Å². The molecule has 3 rings (SSSR count). The summed E-state index contributed by atoms with van der Waals surface area (Å²) < 4.78 is 20.2. The summed E-state index contributed by atoms with van der Waals surface area (Å²) in [5.41, 5.74) is 1.15. The van der Waals surface area contributed by atoms with Crippen LogP contribution < -0.4 is 10.3 Å². The molecule has 1 aliphatic rings. The van der Waals surface area contributed by atoms with Crippen molar-refractivity contribution in [3.63, 3.8) is 0 Å².